The Hall–Kier alpha value is -0.0800. The molecule has 0 amide bonds. The number of hydrogen-bond donors (Lipinski definition) is 1. The van der Waals surface area contributed by atoms with Gasteiger partial charge >= 0.3 is 0 Å². The zero-order chi connectivity index (χ0) is 11.5. The highest BCUT2D eigenvalue weighted by atomic mass is 15.2. The van der Waals surface area contributed by atoms with Crippen LogP contribution < -0.4 is 5.73 Å². The fourth-order valence-electron chi connectivity index (χ4n) is 3.96. The normalized spacial score (nSPS) is 34.9. The molecule has 2 nitrogen and oxygen atoms in total. The summed E-state index contributed by atoms with van der Waals surface area (Å²) >= 11 is 0. The third-order valence-corrected chi connectivity index (χ3v) is 4.49. The van der Waals surface area contributed by atoms with Crippen LogP contribution in [0.15, 0.2) is 0 Å². The lowest BCUT2D eigenvalue weighted by Gasteiger charge is -2.43. The van der Waals surface area contributed by atoms with E-state index >= 15 is 0 Å². The van der Waals surface area contributed by atoms with Crippen LogP contribution >= 0.6 is 0 Å². The second-order valence-electron chi connectivity index (χ2n) is 5.79. The molecule has 2 atom stereocenters. The second kappa shape index (κ2) is 5.50. The van der Waals surface area contributed by atoms with Gasteiger partial charge in [0.25, 0.3) is 0 Å². The first-order valence-corrected chi connectivity index (χ1v) is 7.29. The van der Waals surface area contributed by atoms with Gasteiger partial charge in [-0.2, -0.15) is 0 Å². The molecule has 2 heteroatoms. The van der Waals surface area contributed by atoms with Gasteiger partial charge in [0.15, 0.2) is 0 Å². The number of rotatable bonds is 5. The zero-order valence-electron chi connectivity index (χ0n) is 11.0. The topological polar surface area (TPSA) is 29.3 Å². The van der Waals surface area contributed by atoms with Crippen LogP contribution in [0.5, 0.6) is 0 Å². The molecule has 0 aromatic carbocycles. The molecule has 0 aromatic heterocycles. The van der Waals surface area contributed by atoms with Gasteiger partial charge in [-0.25, -0.2) is 0 Å². The predicted molar refractivity (Wildman–Crippen MR) is 69.5 cm³/mol. The van der Waals surface area contributed by atoms with Crippen molar-refractivity contribution in [3.63, 3.8) is 0 Å². The zero-order valence-corrected chi connectivity index (χ0v) is 11.0. The molecule has 0 aromatic rings. The van der Waals surface area contributed by atoms with E-state index in [0.29, 0.717) is 6.04 Å². The van der Waals surface area contributed by atoms with Crippen LogP contribution in [-0.2, 0) is 0 Å². The molecular weight excluding hydrogens is 196 g/mol. The van der Waals surface area contributed by atoms with Crippen molar-refractivity contribution in [3.05, 3.63) is 0 Å². The lowest BCUT2D eigenvalue weighted by atomic mass is 9.93. The summed E-state index contributed by atoms with van der Waals surface area (Å²) in [5.74, 6) is 0. The second-order valence-corrected chi connectivity index (χ2v) is 5.79. The van der Waals surface area contributed by atoms with E-state index in [4.69, 9.17) is 5.73 Å². The van der Waals surface area contributed by atoms with Crippen molar-refractivity contribution < 1.29 is 0 Å². The minimum Gasteiger partial charge on any atom is -0.328 e. The first-order chi connectivity index (χ1) is 7.76. The summed E-state index contributed by atoms with van der Waals surface area (Å²) in [6.07, 6.45) is 10.7. The maximum Gasteiger partial charge on any atom is 0.0116 e. The van der Waals surface area contributed by atoms with Crippen molar-refractivity contribution in [2.75, 3.05) is 0 Å². The third kappa shape index (κ3) is 2.43. The minimum absolute atomic E-state index is 0.484. The molecular formula is C14H28N2. The monoisotopic (exact) mass is 224 g/mol. The Morgan fingerprint density at radius 3 is 2.00 bits per heavy atom. The van der Waals surface area contributed by atoms with Gasteiger partial charge < -0.3 is 5.73 Å². The average Bonchev–Trinajstić information content (AvgIpc) is 2.51. The SMILES string of the molecule is CCCC(CCC)N1C2CCC1CC(N)C2. The van der Waals surface area contributed by atoms with E-state index in [1.807, 2.05) is 0 Å². The van der Waals surface area contributed by atoms with E-state index in [1.165, 1.54) is 51.4 Å². The van der Waals surface area contributed by atoms with Crippen molar-refractivity contribution in [3.8, 4) is 0 Å². The quantitative estimate of drug-likeness (QED) is 0.778. The molecule has 2 N–H and O–H groups in total. The Morgan fingerprint density at radius 1 is 1.06 bits per heavy atom. The van der Waals surface area contributed by atoms with E-state index < -0.39 is 0 Å². The van der Waals surface area contributed by atoms with Crippen LogP contribution in [0.3, 0.4) is 0 Å². The molecule has 2 rings (SSSR count). The highest BCUT2D eigenvalue weighted by Crippen LogP contribution is 2.38. The highest BCUT2D eigenvalue weighted by Gasteiger charge is 2.42. The van der Waals surface area contributed by atoms with Crippen molar-refractivity contribution in [2.24, 2.45) is 5.73 Å². The number of nitrogens with zero attached hydrogens (tertiary/aromatic N) is 1. The molecule has 2 fully saturated rings. The Bertz CT molecular complexity index is 197. The van der Waals surface area contributed by atoms with Crippen molar-refractivity contribution in [1.29, 1.82) is 0 Å². The number of fused-ring (bicyclic) bond motifs is 2. The predicted octanol–water partition coefficient (Wildman–Crippen LogP) is 2.91. The van der Waals surface area contributed by atoms with Crippen LogP contribution in [0.4, 0.5) is 0 Å². The summed E-state index contributed by atoms with van der Waals surface area (Å²) in [4.78, 5) is 2.86. The molecule has 0 aliphatic carbocycles. The molecule has 2 aliphatic heterocycles. The number of nitrogens with two attached hydrogens (primary N) is 1. The van der Waals surface area contributed by atoms with E-state index in [9.17, 15) is 0 Å². The molecule has 0 radical (unpaired) electrons. The van der Waals surface area contributed by atoms with Crippen molar-refractivity contribution in [2.45, 2.75) is 89.4 Å². The fourth-order valence-corrected chi connectivity index (χ4v) is 3.96. The molecule has 94 valence electrons. The lowest BCUT2D eigenvalue weighted by Crippen LogP contribution is -2.51. The first-order valence-electron chi connectivity index (χ1n) is 7.29. The molecule has 2 unspecified atom stereocenters. The van der Waals surface area contributed by atoms with Gasteiger partial charge in [-0.15, -0.1) is 0 Å². The van der Waals surface area contributed by atoms with Gasteiger partial charge in [-0.1, -0.05) is 26.7 Å². The third-order valence-electron chi connectivity index (χ3n) is 4.49. The average molecular weight is 224 g/mol. The summed E-state index contributed by atoms with van der Waals surface area (Å²) in [5.41, 5.74) is 6.14. The van der Waals surface area contributed by atoms with Crippen LogP contribution in [-0.4, -0.2) is 29.1 Å². The molecule has 0 saturated carbocycles. The Morgan fingerprint density at radius 2 is 1.56 bits per heavy atom. The summed E-state index contributed by atoms with van der Waals surface area (Å²) in [5, 5.41) is 0. The minimum atomic E-state index is 0.484. The standard InChI is InChI=1S/C14H28N2/c1-3-5-12(6-4-2)16-13-7-8-14(16)10-11(15)9-13/h11-14H,3-10,15H2,1-2H3. The Labute approximate surface area is 101 Å². The van der Waals surface area contributed by atoms with E-state index in [1.54, 1.807) is 0 Å². The highest BCUT2D eigenvalue weighted by molar-refractivity contribution is 4.99. The summed E-state index contributed by atoms with van der Waals surface area (Å²) in [6, 6.07) is 2.96. The van der Waals surface area contributed by atoms with Crippen LogP contribution in [0.1, 0.15) is 65.2 Å². The van der Waals surface area contributed by atoms with E-state index in [-0.39, 0.29) is 0 Å². The number of hydrogen-bond acceptors (Lipinski definition) is 2. The molecule has 2 aliphatic rings. The maximum absolute atomic E-state index is 6.14. The van der Waals surface area contributed by atoms with Crippen LogP contribution in [0.2, 0.25) is 0 Å². The van der Waals surface area contributed by atoms with E-state index in [2.05, 4.69) is 18.7 Å². The van der Waals surface area contributed by atoms with Gasteiger partial charge in [0.2, 0.25) is 0 Å². The van der Waals surface area contributed by atoms with Crippen LogP contribution in [0.25, 0.3) is 0 Å². The van der Waals surface area contributed by atoms with Gasteiger partial charge in [0, 0.05) is 24.2 Å². The summed E-state index contributed by atoms with van der Waals surface area (Å²) in [7, 11) is 0. The summed E-state index contributed by atoms with van der Waals surface area (Å²) < 4.78 is 0. The Kier molecular flexibility index (Phi) is 4.26. The van der Waals surface area contributed by atoms with Crippen LogP contribution in [0, 0.1) is 0 Å². The van der Waals surface area contributed by atoms with Crippen molar-refractivity contribution in [1.82, 2.24) is 4.90 Å². The van der Waals surface area contributed by atoms with Gasteiger partial charge in [-0.3, -0.25) is 4.90 Å². The largest absolute Gasteiger partial charge is 0.328 e. The molecule has 16 heavy (non-hydrogen) atoms. The molecule has 2 saturated heterocycles. The fraction of sp³-hybridized carbons (Fsp3) is 1.00. The van der Waals surface area contributed by atoms with Gasteiger partial charge in [0.1, 0.15) is 0 Å². The van der Waals surface area contributed by atoms with Gasteiger partial charge in [-0.05, 0) is 38.5 Å². The van der Waals surface area contributed by atoms with E-state index in [0.717, 1.165) is 18.1 Å². The van der Waals surface area contributed by atoms with Gasteiger partial charge in [0.05, 0.1) is 0 Å². The maximum atomic E-state index is 6.14. The Balaban J connectivity index is 2.01. The summed E-state index contributed by atoms with van der Waals surface area (Å²) in [6.45, 7) is 4.64. The van der Waals surface area contributed by atoms with Crippen molar-refractivity contribution >= 4 is 0 Å². The molecule has 2 bridgehead atoms. The molecule has 0 spiro atoms. The lowest BCUT2D eigenvalue weighted by molar-refractivity contribution is 0.0673. The first kappa shape index (κ1) is 12.4. The molecule has 2 heterocycles. The number of piperidine rings is 1. The smallest absolute Gasteiger partial charge is 0.0116 e.